The number of hydrogen-bond donors (Lipinski definition) is 6. The fourth-order valence-corrected chi connectivity index (χ4v) is 9.27. The quantitative estimate of drug-likeness (QED) is 0.0330. The van der Waals surface area contributed by atoms with E-state index in [2.05, 4.69) is 30.9 Å². The molecule has 4 aliphatic rings. The van der Waals surface area contributed by atoms with Gasteiger partial charge in [0.1, 0.15) is 29.2 Å². The first-order valence-corrected chi connectivity index (χ1v) is 24.3. The monoisotopic (exact) mass is 1010 g/mol. The van der Waals surface area contributed by atoms with E-state index in [9.17, 15) is 34.5 Å². The molecule has 5 aromatic rings. The van der Waals surface area contributed by atoms with E-state index in [0.717, 1.165) is 5.69 Å². The number of guanidine groups is 1. The number of aliphatic hydroxyl groups is 1. The molecule has 2 amide bonds. The number of aliphatic imine (C=N–C) groups is 1. The minimum atomic E-state index is -1.23. The van der Waals surface area contributed by atoms with E-state index >= 15 is 0 Å². The Balaban J connectivity index is 0.978. The van der Waals surface area contributed by atoms with Gasteiger partial charge < -0.3 is 56.1 Å². The highest BCUT2D eigenvalue weighted by Gasteiger charge is 2.34. The number of rotatable bonds is 17. The molecule has 0 unspecified atom stereocenters. The first kappa shape index (κ1) is 50.2. The lowest BCUT2D eigenvalue weighted by Gasteiger charge is -2.38. The number of aromatic carboxylic acids is 1. The third-order valence-electron chi connectivity index (χ3n) is 13.1. The Kier molecular flexibility index (Phi) is 14.6. The molecule has 2 saturated heterocycles. The van der Waals surface area contributed by atoms with Crippen molar-refractivity contribution in [1.29, 1.82) is 0 Å². The number of nitrogens with two attached hydrogens (primary N) is 2. The number of carboxylic acid groups (broad SMARTS) is 1. The van der Waals surface area contributed by atoms with Crippen molar-refractivity contribution in [3.05, 3.63) is 94.2 Å². The lowest BCUT2D eigenvalue weighted by Crippen LogP contribution is -2.52. The SMILES string of the molecule is CC(C)[C@@H](C(=O)N1CCN(c2nc(Nc3ccc(-c4c5ccc(=O)cc-5oc5cc(O)ccc45)c(C(=O)O)c3)nc(N3CCN(C(=O)[C@H](C)n4cc(CCCN=C(N)N)nn4)CC3)n2)CC1)n1cc(CCO)nn1. The molecule has 9 rings (SSSR count). The normalized spacial score (nSPS) is 14.9. The van der Waals surface area contributed by atoms with Gasteiger partial charge in [0.05, 0.1) is 17.0 Å². The Bertz CT molecular complexity index is 3240. The third kappa shape index (κ3) is 10.9. The van der Waals surface area contributed by atoms with Crippen molar-refractivity contribution in [2.45, 2.75) is 52.1 Å². The molecule has 8 N–H and O–H groups in total. The van der Waals surface area contributed by atoms with Crippen LogP contribution in [0.15, 0.2) is 81.2 Å². The predicted octanol–water partition coefficient (Wildman–Crippen LogP) is 2.28. The Morgan fingerprint density at radius 1 is 0.770 bits per heavy atom. The van der Waals surface area contributed by atoms with Gasteiger partial charge in [-0.2, -0.15) is 15.0 Å². The van der Waals surface area contributed by atoms with Gasteiger partial charge in [0.25, 0.3) is 0 Å². The summed E-state index contributed by atoms with van der Waals surface area (Å²) in [5.41, 5.74) is 13.7. The lowest BCUT2D eigenvalue weighted by atomic mass is 9.90. The molecule has 3 aliphatic heterocycles. The molecule has 74 heavy (non-hydrogen) atoms. The number of aromatic hydroxyl groups is 1. The van der Waals surface area contributed by atoms with Crippen LogP contribution >= 0.6 is 0 Å². The summed E-state index contributed by atoms with van der Waals surface area (Å²) in [7, 11) is 0. The van der Waals surface area contributed by atoms with E-state index in [1.807, 2.05) is 23.6 Å². The van der Waals surface area contributed by atoms with Crippen LogP contribution in [-0.2, 0) is 22.4 Å². The van der Waals surface area contributed by atoms with Gasteiger partial charge in [-0.25, -0.2) is 14.2 Å². The molecule has 2 aromatic carbocycles. The number of benzene rings is 3. The lowest BCUT2D eigenvalue weighted by molar-refractivity contribution is -0.137. The summed E-state index contributed by atoms with van der Waals surface area (Å²) in [5, 5.41) is 51.0. The van der Waals surface area contributed by atoms with E-state index in [1.165, 1.54) is 30.3 Å². The van der Waals surface area contributed by atoms with Crippen molar-refractivity contribution in [3.63, 3.8) is 0 Å². The van der Waals surface area contributed by atoms with Crippen molar-refractivity contribution in [2.75, 3.05) is 80.6 Å². The van der Waals surface area contributed by atoms with Crippen LogP contribution < -0.4 is 32.0 Å². The summed E-state index contributed by atoms with van der Waals surface area (Å²) >= 11 is 0. The highest BCUT2D eigenvalue weighted by atomic mass is 16.4. The average Bonchev–Trinajstić information content (AvgIpc) is 4.06. The first-order chi connectivity index (χ1) is 35.6. The molecule has 386 valence electrons. The number of aromatic nitrogens is 9. The number of aryl methyl sites for hydroxylation is 1. The second kappa shape index (κ2) is 21.5. The van der Waals surface area contributed by atoms with Gasteiger partial charge >= 0.3 is 5.97 Å². The fourth-order valence-electron chi connectivity index (χ4n) is 9.27. The number of carbonyl (C=O) groups is 3. The van der Waals surface area contributed by atoms with Crippen molar-refractivity contribution < 1.29 is 34.1 Å². The van der Waals surface area contributed by atoms with Gasteiger partial charge in [-0.1, -0.05) is 30.3 Å². The molecule has 0 saturated carbocycles. The summed E-state index contributed by atoms with van der Waals surface area (Å²) in [5.74, 6) is -0.617. The van der Waals surface area contributed by atoms with Crippen LogP contribution in [0.2, 0.25) is 0 Å². The third-order valence-corrected chi connectivity index (χ3v) is 13.1. The highest BCUT2D eigenvalue weighted by Crippen LogP contribution is 2.42. The van der Waals surface area contributed by atoms with Gasteiger partial charge in [0, 0.05) is 119 Å². The van der Waals surface area contributed by atoms with Crippen LogP contribution in [0.25, 0.3) is 33.4 Å². The number of anilines is 4. The number of aliphatic hydroxyl groups excluding tert-OH is 1. The largest absolute Gasteiger partial charge is 0.508 e. The van der Waals surface area contributed by atoms with Crippen LogP contribution in [0.4, 0.5) is 23.5 Å². The standard InChI is InChI=1S/C49H57N17O8/c1-28(2)42(66-27-32(12-22-67)58-60-66)44(71)62-16-20-64(21-17-62)49-55-47(54-48(56-49)63-18-14-61(15-19-63)43(70)29(3)65-26-31(57-59-65)5-4-13-52-46(50)51)53-30-6-9-35(38(23-30)45(72)73)41-36-10-7-33(68)24-39(36)74-40-25-34(69)8-11-37(40)41/h6-11,23-29,42,67-68H,4-5,12-22H2,1-3H3,(H,72,73)(H4,50,51,52)(H,53,54,55,56)/t29-,42-/m0/s1. The number of nitrogens with zero attached hydrogens (tertiary/aromatic N) is 14. The highest BCUT2D eigenvalue weighted by molar-refractivity contribution is 6.08. The number of piperazine rings is 2. The summed E-state index contributed by atoms with van der Waals surface area (Å²) < 4.78 is 9.13. The van der Waals surface area contributed by atoms with Crippen LogP contribution in [0.3, 0.4) is 0 Å². The minimum absolute atomic E-state index is 0.0230. The summed E-state index contributed by atoms with van der Waals surface area (Å²) in [4.78, 5) is 79.5. The molecule has 0 spiro atoms. The first-order valence-electron chi connectivity index (χ1n) is 24.3. The molecule has 2 atom stereocenters. The number of nitrogens with one attached hydrogen (secondary N) is 1. The zero-order valence-corrected chi connectivity index (χ0v) is 41.1. The number of fused-ring (bicyclic) bond motifs is 2. The van der Waals surface area contributed by atoms with E-state index in [0.29, 0.717) is 124 Å². The molecular weight excluding hydrogens is 955 g/mol. The zero-order chi connectivity index (χ0) is 52.2. The van der Waals surface area contributed by atoms with Crippen molar-refractivity contribution in [3.8, 4) is 28.2 Å². The van der Waals surface area contributed by atoms with Crippen LogP contribution in [0.5, 0.6) is 5.75 Å². The van der Waals surface area contributed by atoms with E-state index in [4.69, 9.17) is 30.8 Å². The molecule has 1 aliphatic carbocycles. The Labute approximate surface area is 423 Å². The maximum atomic E-state index is 14.1. The van der Waals surface area contributed by atoms with Crippen LogP contribution in [0.1, 0.15) is 61.0 Å². The molecule has 25 heteroatoms. The summed E-state index contributed by atoms with van der Waals surface area (Å²) in [6.45, 7) is 8.96. The van der Waals surface area contributed by atoms with Gasteiger partial charge in [-0.15, -0.1) is 10.2 Å². The molecule has 0 bridgehead atoms. The van der Waals surface area contributed by atoms with Gasteiger partial charge in [-0.05, 0) is 67.6 Å². The topological polar surface area (TPSA) is 332 Å². The molecule has 6 heterocycles. The zero-order valence-electron chi connectivity index (χ0n) is 41.1. The number of amides is 2. The Morgan fingerprint density at radius 3 is 2.05 bits per heavy atom. The smallest absolute Gasteiger partial charge is 0.336 e. The van der Waals surface area contributed by atoms with Crippen molar-refractivity contribution in [2.24, 2.45) is 22.4 Å². The number of carbonyl (C=O) groups excluding carboxylic acids is 2. The van der Waals surface area contributed by atoms with Crippen LogP contribution in [0, 0.1) is 5.92 Å². The fraction of sp³-hybridized carbons (Fsp3) is 0.388. The van der Waals surface area contributed by atoms with Gasteiger partial charge in [0.15, 0.2) is 11.4 Å². The number of phenolic OH excluding ortho intramolecular Hbond substituents is 1. The molecule has 25 nitrogen and oxygen atoms in total. The van der Waals surface area contributed by atoms with Gasteiger partial charge in [0.2, 0.25) is 29.7 Å². The number of phenols is 1. The molecule has 2 fully saturated rings. The van der Waals surface area contributed by atoms with Gasteiger partial charge in [-0.3, -0.25) is 19.4 Å². The van der Waals surface area contributed by atoms with E-state index in [1.54, 1.807) is 62.7 Å². The summed E-state index contributed by atoms with van der Waals surface area (Å²) in [6.07, 6.45) is 5.04. The van der Waals surface area contributed by atoms with Crippen molar-refractivity contribution in [1.82, 2.24) is 54.7 Å². The maximum absolute atomic E-state index is 14.1. The Hall–Kier alpha value is -8.74. The van der Waals surface area contributed by atoms with Crippen LogP contribution in [-0.4, -0.2) is 159 Å². The Morgan fingerprint density at radius 2 is 1.41 bits per heavy atom. The molecule has 0 radical (unpaired) electrons. The molecule has 3 aromatic heterocycles. The number of carboxylic acids is 1. The molecular formula is C49H57N17O8. The second-order valence-electron chi connectivity index (χ2n) is 18.5. The predicted molar refractivity (Wildman–Crippen MR) is 272 cm³/mol. The summed E-state index contributed by atoms with van der Waals surface area (Å²) in [6, 6.07) is 12.4. The van der Waals surface area contributed by atoms with E-state index in [-0.39, 0.29) is 64.3 Å². The van der Waals surface area contributed by atoms with E-state index < -0.39 is 18.1 Å². The maximum Gasteiger partial charge on any atom is 0.336 e. The van der Waals surface area contributed by atoms with Crippen molar-refractivity contribution >= 4 is 58.2 Å². The second-order valence-corrected chi connectivity index (χ2v) is 18.5. The minimum Gasteiger partial charge on any atom is -0.508 e. The average molecular weight is 1010 g/mol. The number of hydrogen-bond acceptors (Lipinski definition) is 18.